The Bertz CT molecular complexity index is 2040. The molecule has 0 radical (unpaired) electrons. The van der Waals surface area contributed by atoms with Crippen LogP contribution in [0, 0.1) is 0 Å². The molecular weight excluding hydrogens is 712 g/mol. The molecule has 0 amide bonds. The average molecular weight is 751 g/mol. The Morgan fingerprint density at radius 2 is 1.26 bits per heavy atom. The second kappa shape index (κ2) is 17.2. The summed E-state index contributed by atoms with van der Waals surface area (Å²) in [7, 11) is 0. The monoisotopic (exact) mass is 750 g/mol. The number of benzene rings is 2. The molecule has 1 aliphatic heterocycles. The zero-order valence-electron chi connectivity index (χ0n) is 30.2. The fraction of sp³-hybridized carbons (Fsp3) is 0.417. The molecular formula is C36H38N4O14. The Kier molecular flexibility index (Phi) is 12.5. The van der Waals surface area contributed by atoms with Gasteiger partial charge in [0.05, 0.1) is 23.3 Å². The SMILES string of the molecule is CC(=O)OC[C@H]1O[C@H](OC[C@H](OC(C)=O)[C@H](OC(C)=O)c2nn(-c3ccccc3)c3nc4ccccc4nc23)[C@H](OC(C)=O)[C@@H](OC(C)=O)[C@@H]1OC(C)=O. The molecule has 1 fully saturated rings. The van der Waals surface area contributed by atoms with Crippen LogP contribution in [-0.2, 0) is 66.7 Å². The van der Waals surface area contributed by atoms with Crippen molar-refractivity contribution in [2.45, 2.75) is 84.5 Å². The van der Waals surface area contributed by atoms with Crippen LogP contribution < -0.4 is 0 Å². The topological polar surface area (TPSA) is 220 Å². The van der Waals surface area contributed by atoms with Crippen molar-refractivity contribution in [3.8, 4) is 5.69 Å². The number of aromatic nitrogens is 4. The predicted molar refractivity (Wildman–Crippen MR) is 182 cm³/mol. The first-order valence-electron chi connectivity index (χ1n) is 16.7. The molecule has 3 heterocycles. The summed E-state index contributed by atoms with van der Waals surface area (Å²) in [4.78, 5) is 83.4. The number of ether oxygens (including phenoxy) is 8. The lowest BCUT2D eigenvalue weighted by atomic mass is 9.98. The van der Waals surface area contributed by atoms with Gasteiger partial charge in [-0.15, -0.1) is 0 Å². The molecule has 4 aromatic rings. The molecule has 2 aromatic carbocycles. The van der Waals surface area contributed by atoms with E-state index in [1.165, 1.54) is 4.68 Å². The third kappa shape index (κ3) is 9.50. The largest absolute Gasteiger partial charge is 0.463 e. The van der Waals surface area contributed by atoms with Crippen molar-refractivity contribution in [2.24, 2.45) is 0 Å². The highest BCUT2D eigenvalue weighted by Crippen LogP contribution is 2.34. The molecule has 286 valence electrons. The molecule has 0 unspecified atom stereocenters. The highest BCUT2D eigenvalue weighted by Gasteiger charge is 2.53. The average Bonchev–Trinajstić information content (AvgIpc) is 3.46. The summed E-state index contributed by atoms with van der Waals surface area (Å²) in [5, 5.41) is 4.76. The van der Waals surface area contributed by atoms with Gasteiger partial charge in [0, 0.05) is 41.5 Å². The van der Waals surface area contributed by atoms with Crippen molar-refractivity contribution in [1.82, 2.24) is 19.7 Å². The van der Waals surface area contributed by atoms with E-state index in [-0.39, 0.29) is 11.2 Å². The lowest BCUT2D eigenvalue weighted by Crippen LogP contribution is -2.63. The maximum Gasteiger partial charge on any atom is 0.303 e. The van der Waals surface area contributed by atoms with Crippen molar-refractivity contribution in [1.29, 1.82) is 0 Å². The van der Waals surface area contributed by atoms with Gasteiger partial charge >= 0.3 is 35.8 Å². The smallest absolute Gasteiger partial charge is 0.303 e. The van der Waals surface area contributed by atoms with Crippen LogP contribution in [0.25, 0.3) is 27.9 Å². The van der Waals surface area contributed by atoms with Gasteiger partial charge in [-0.05, 0) is 24.3 Å². The third-order valence-electron chi connectivity index (χ3n) is 7.79. The van der Waals surface area contributed by atoms with Gasteiger partial charge in [-0.1, -0.05) is 30.3 Å². The van der Waals surface area contributed by atoms with Gasteiger partial charge in [-0.2, -0.15) is 5.10 Å². The molecule has 0 spiro atoms. The number of carbonyl (C=O) groups is 6. The van der Waals surface area contributed by atoms with E-state index in [0.29, 0.717) is 22.4 Å². The lowest BCUT2D eigenvalue weighted by Gasteiger charge is -2.44. The summed E-state index contributed by atoms with van der Waals surface area (Å²) < 4.78 is 46.6. The molecule has 2 aromatic heterocycles. The molecule has 1 saturated heterocycles. The van der Waals surface area contributed by atoms with E-state index in [4.69, 9.17) is 53.0 Å². The van der Waals surface area contributed by atoms with Gasteiger partial charge in [0.1, 0.15) is 23.9 Å². The molecule has 0 aliphatic carbocycles. The third-order valence-corrected chi connectivity index (χ3v) is 7.79. The Labute approximate surface area is 307 Å². The summed E-state index contributed by atoms with van der Waals surface area (Å²) in [5.74, 6) is -4.80. The molecule has 18 nitrogen and oxygen atoms in total. The van der Waals surface area contributed by atoms with Gasteiger partial charge in [0.15, 0.2) is 42.5 Å². The highest BCUT2D eigenvalue weighted by atomic mass is 16.7. The first-order chi connectivity index (χ1) is 25.7. The van der Waals surface area contributed by atoms with E-state index < -0.39 is 91.9 Å². The lowest BCUT2D eigenvalue weighted by molar-refractivity contribution is -0.312. The van der Waals surface area contributed by atoms with Crippen molar-refractivity contribution in [3.63, 3.8) is 0 Å². The Morgan fingerprint density at radius 3 is 1.85 bits per heavy atom. The van der Waals surface area contributed by atoms with Crippen LogP contribution in [-0.4, -0.2) is 106 Å². The van der Waals surface area contributed by atoms with E-state index in [1.54, 1.807) is 48.5 Å². The number of fused-ring (bicyclic) bond motifs is 2. The second-order valence-corrected chi connectivity index (χ2v) is 12.1. The standard InChI is InChI=1S/C36H38N4O14/c1-18(41)47-16-28-32(51-21(4)44)33(52-22(5)45)34(53-23(6)46)36(54-28)48-17-27(49-19(2)42)31(50-20(3)43)29-30-35(38-26-15-11-10-14-25(26)37-30)40(39-29)24-12-8-7-9-13-24/h7-15,27-28,31-34,36H,16-17H2,1-6H3/t27-,28+,31-,32+,33-,34+,36-/m0/s1. The quantitative estimate of drug-likeness (QED) is 0.142. The van der Waals surface area contributed by atoms with E-state index >= 15 is 0 Å². The van der Waals surface area contributed by atoms with Crippen molar-refractivity contribution in [3.05, 3.63) is 60.3 Å². The van der Waals surface area contributed by atoms with E-state index in [1.807, 2.05) is 6.07 Å². The fourth-order valence-electron chi connectivity index (χ4n) is 5.85. The maximum atomic E-state index is 12.7. The van der Waals surface area contributed by atoms with Gasteiger partial charge in [-0.25, -0.2) is 14.6 Å². The zero-order valence-corrected chi connectivity index (χ0v) is 30.2. The minimum atomic E-state index is -1.64. The summed E-state index contributed by atoms with van der Waals surface area (Å²) in [5.41, 5.74) is 2.22. The van der Waals surface area contributed by atoms with Crippen molar-refractivity contribution < 1.29 is 66.7 Å². The number of para-hydroxylation sites is 3. The molecule has 18 heteroatoms. The van der Waals surface area contributed by atoms with Crippen molar-refractivity contribution >= 4 is 58.0 Å². The number of carbonyl (C=O) groups excluding carboxylic acids is 6. The van der Waals surface area contributed by atoms with Gasteiger partial charge in [0.2, 0.25) is 0 Å². The normalized spacial score (nSPS) is 20.7. The van der Waals surface area contributed by atoms with E-state index in [2.05, 4.69) is 0 Å². The van der Waals surface area contributed by atoms with E-state index in [9.17, 15) is 28.8 Å². The van der Waals surface area contributed by atoms with Gasteiger partial charge in [0.25, 0.3) is 0 Å². The zero-order chi connectivity index (χ0) is 39.1. The first kappa shape index (κ1) is 39.2. The minimum Gasteiger partial charge on any atom is -0.463 e. The summed E-state index contributed by atoms with van der Waals surface area (Å²) in [6, 6.07) is 16.1. The molecule has 0 bridgehead atoms. The molecule has 0 N–H and O–H groups in total. The fourth-order valence-corrected chi connectivity index (χ4v) is 5.85. The predicted octanol–water partition coefficient (Wildman–Crippen LogP) is 2.60. The van der Waals surface area contributed by atoms with Crippen LogP contribution in [0.5, 0.6) is 0 Å². The van der Waals surface area contributed by atoms with Crippen LogP contribution in [0.4, 0.5) is 0 Å². The number of esters is 6. The number of hydrogen-bond donors (Lipinski definition) is 0. The second-order valence-electron chi connectivity index (χ2n) is 12.1. The Hall–Kier alpha value is -6.01. The van der Waals surface area contributed by atoms with Crippen LogP contribution in [0.2, 0.25) is 0 Å². The molecule has 0 saturated carbocycles. The molecule has 54 heavy (non-hydrogen) atoms. The molecule has 5 rings (SSSR count). The summed E-state index contributed by atoms with van der Waals surface area (Å²) in [6.07, 6.45) is -10.4. The summed E-state index contributed by atoms with van der Waals surface area (Å²) >= 11 is 0. The molecule has 7 atom stereocenters. The first-order valence-corrected chi connectivity index (χ1v) is 16.7. The minimum absolute atomic E-state index is 0.0544. The van der Waals surface area contributed by atoms with Crippen LogP contribution in [0.15, 0.2) is 54.6 Å². The Balaban J connectivity index is 1.59. The van der Waals surface area contributed by atoms with Gasteiger partial charge < -0.3 is 37.9 Å². The number of nitrogens with zero attached hydrogens (tertiary/aromatic N) is 4. The van der Waals surface area contributed by atoms with Crippen molar-refractivity contribution in [2.75, 3.05) is 13.2 Å². The number of rotatable bonds is 13. The maximum absolute atomic E-state index is 12.7. The van der Waals surface area contributed by atoms with Gasteiger partial charge in [-0.3, -0.25) is 28.8 Å². The van der Waals surface area contributed by atoms with Crippen LogP contribution in [0.1, 0.15) is 53.3 Å². The Morgan fingerprint density at radius 1 is 0.685 bits per heavy atom. The summed E-state index contributed by atoms with van der Waals surface area (Å²) in [6.45, 7) is 5.53. The number of hydrogen-bond acceptors (Lipinski definition) is 17. The molecule has 1 aliphatic rings. The van der Waals surface area contributed by atoms with E-state index in [0.717, 1.165) is 41.5 Å². The highest BCUT2D eigenvalue weighted by molar-refractivity contribution is 5.87. The van der Waals surface area contributed by atoms with Crippen LogP contribution >= 0.6 is 0 Å². The van der Waals surface area contributed by atoms with Crippen LogP contribution in [0.3, 0.4) is 0 Å².